The van der Waals surface area contributed by atoms with E-state index in [2.05, 4.69) is 52.5 Å². The second kappa shape index (κ2) is 15.8. The average Bonchev–Trinajstić information content (AvgIpc) is 3.82. The Kier molecular flexibility index (Phi) is 10.6. The quantitative estimate of drug-likeness (QED) is 0.217. The third kappa shape index (κ3) is 8.36. The number of terminal acetylenes is 1. The number of morpholine rings is 1. The van der Waals surface area contributed by atoms with E-state index in [-0.39, 0.29) is 6.10 Å². The minimum absolute atomic E-state index is 0.211. The summed E-state index contributed by atoms with van der Waals surface area (Å²) in [4.78, 5) is 11.9. The number of rotatable bonds is 12. The summed E-state index contributed by atoms with van der Waals surface area (Å²) in [6.07, 6.45) is 19.2. The van der Waals surface area contributed by atoms with Crippen LogP contribution in [0.2, 0.25) is 0 Å². The molecule has 3 fully saturated rings. The second-order valence-electron chi connectivity index (χ2n) is 13.0. The monoisotopic (exact) mass is 668 g/mol. The molecule has 0 radical (unpaired) electrons. The molecule has 49 heavy (non-hydrogen) atoms. The molecule has 1 atom stereocenters. The molecule has 14 heteroatoms. The van der Waals surface area contributed by atoms with Crippen molar-refractivity contribution in [3.63, 3.8) is 0 Å². The highest BCUT2D eigenvalue weighted by molar-refractivity contribution is 5.67. The van der Waals surface area contributed by atoms with Crippen molar-refractivity contribution in [3.8, 4) is 35.1 Å². The summed E-state index contributed by atoms with van der Waals surface area (Å²) in [6.45, 7) is 8.31. The number of anilines is 2. The SMILES string of the molecule is C#Cc1ccc(-c2cnc(Nc3cn(C4CCC(N5CCOCC5)CC4)nc3OCC3CCOCC3)nc2)cc1O[C@@H](C)Cn1cnnn1. The first-order valence-electron chi connectivity index (χ1n) is 17.3. The molecule has 7 rings (SSSR count). The van der Waals surface area contributed by atoms with Gasteiger partial charge in [-0.1, -0.05) is 12.0 Å². The first-order valence-corrected chi connectivity index (χ1v) is 17.3. The Bertz CT molecular complexity index is 1670. The Balaban J connectivity index is 1.04. The number of hydrogen-bond donors (Lipinski definition) is 1. The lowest BCUT2D eigenvalue weighted by molar-refractivity contribution is 0.00501. The van der Waals surface area contributed by atoms with E-state index in [0.29, 0.717) is 54.3 Å². The molecule has 5 heterocycles. The van der Waals surface area contributed by atoms with Crippen LogP contribution in [0.3, 0.4) is 0 Å². The van der Waals surface area contributed by atoms with Gasteiger partial charge in [-0.2, -0.15) is 0 Å². The zero-order valence-electron chi connectivity index (χ0n) is 28.0. The van der Waals surface area contributed by atoms with Crippen molar-refractivity contribution in [1.82, 2.24) is 44.9 Å². The topological polar surface area (TPSA) is 139 Å². The molecule has 14 nitrogen and oxygen atoms in total. The summed E-state index contributed by atoms with van der Waals surface area (Å²) in [6, 6.07) is 6.66. The summed E-state index contributed by atoms with van der Waals surface area (Å²) in [5.74, 6) is 4.79. The molecule has 0 bridgehead atoms. The lowest BCUT2D eigenvalue weighted by atomic mass is 9.90. The maximum Gasteiger partial charge on any atom is 0.256 e. The van der Waals surface area contributed by atoms with Gasteiger partial charge in [0.1, 0.15) is 23.9 Å². The van der Waals surface area contributed by atoms with Crippen molar-refractivity contribution in [1.29, 1.82) is 0 Å². The van der Waals surface area contributed by atoms with Crippen molar-refractivity contribution >= 4 is 11.6 Å². The third-order valence-corrected chi connectivity index (χ3v) is 9.63. The minimum Gasteiger partial charge on any atom is -0.487 e. The first-order chi connectivity index (χ1) is 24.1. The zero-order valence-corrected chi connectivity index (χ0v) is 28.0. The molecule has 4 aromatic rings. The van der Waals surface area contributed by atoms with E-state index in [9.17, 15) is 0 Å². The molecule has 1 aromatic carbocycles. The number of tetrazole rings is 1. The van der Waals surface area contributed by atoms with E-state index in [1.165, 1.54) is 0 Å². The molecule has 3 aromatic heterocycles. The fraction of sp³-hybridized carbons (Fsp3) is 0.543. The number of nitrogens with zero attached hydrogens (tertiary/aromatic N) is 9. The van der Waals surface area contributed by atoms with Crippen molar-refractivity contribution in [3.05, 3.63) is 48.7 Å². The fourth-order valence-corrected chi connectivity index (χ4v) is 6.86. The van der Waals surface area contributed by atoms with E-state index in [4.69, 9.17) is 30.5 Å². The van der Waals surface area contributed by atoms with Crippen molar-refractivity contribution in [2.24, 2.45) is 5.92 Å². The van der Waals surface area contributed by atoms with Gasteiger partial charge in [0.05, 0.1) is 44.2 Å². The molecule has 0 amide bonds. The van der Waals surface area contributed by atoms with Crippen molar-refractivity contribution in [2.75, 3.05) is 51.4 Å². The lowest BCUT2D eigenvalue weighted by Gasteiger charge is -2.38. The van der Waals surface area contributed by atoms with Crippen LogP contribution in [0.4, 0.5) is 11.6 Å². The van der Waals surface area contributed by atoms with Gasteiger partial charge in [-0.25, -0.2) is 14.6 Å². The predicted molar refractivity (Wildman–Crippen MR) is 182 cm³/mol. The largest absolute Gasteiger partial charge is 0.487 e. The lowest BCUT2D eigenvalue weighted by Crippen LogP contribution is -2.45. The molecule has 1 saturated carbocycles. The molecule has 2 saturated heterocycles. The van der Waals surface area contributed by atoms with E-state index in [1.807, 2.05) is 25.1 Å². The fourth-order valence-electron chi connectivity index (χ4n) is 6.86. The van der Waals surface area contributed by atoms with Crippen LogP contribution in [0.25, 0.3) is 11.1 Å². The number of nitrogens with one attached hydrogen (secondary N) is 1. The Labute approximate surface area is 286 Å². The molecule has 0 spiro atoms. The molecule has 0 unspecified atom stereocenters. The maximum atomic E-state index is 6.36. The second-order valence-corrected chi connectivity index (χ2v) is 13.0. The molecule has 1 aliphatic carbocycles. The average molecular weight is 669 g/mol. The predicted octanol–water partition coefficient (Wildman–Crippen LogP) is 4.14. The van der Waals surface area contributed by atoms with Crippen LogP contribution in [-0.4, -0.2) is 103 Å². The van der Waals surface area contributed by atoms with Crippen LogP contribution in [0.15, 0.2) is 43.1 Å². The molecule has 258 valence electrons. The Morgan fingerprint density at radius 1 is 0.980 bits per heavy atom. The highest BCUT2D eigenvalue weighted by atomic mass is 16.5. The van der Waals surface area contributed by atoms with Crippen LogP contribution >= 0.6 is 0 Å². The number of benzene rings is 1. The van der Waals surface area contributed by atoms with Crippen LogP contribution in [0.5, 0.6) is 11.6 Å². The van der Waals surface area contributed by atoms with Gasteiger partial charge >= 0.3 is 0 Å². The number of hydrogen-bond acceptors (Lipinski definition) is 12. The van der Waals surface area contributed by atoms with Crippen LogP contribution in [-0.2, 0) is 16.0 Å². The van der Waals surface area contributed by atoms with Gasteiger partial charge < -0.3 is 24.3 Å². The Hall–Kier alpha value is -4.58. The Morgan fingerprint density at radius 3 is 2.47 bits per heavy atom. The minimum atomic E-state index is -0.211. The third-order valence-electron chi connectivity index (χ3n) is 9.63. The smallest absolute Gasteiger partial charge is 0.256 e. The first kappa shape index (κ1) is 32.9. The van der Waals surface area contributed by atoms with E-state index < -0.39 is 0 Å². The van der Waals surface area contributed by atoms with Crippen molar-refractivity contribution in [2.45, 2.75) is 70.2 Å². The maximum absolute atomic E-state index is 6.36. The molecule has 1 N–H and O–H groups in total. The van der Waals surface area contributed by atoms with Gasteiger partial charge in [0.25, 0.3) is 5.88 Å². The van der Waals surface area contributed by atoms with E-state index >= 15 is 0 Å². The zero-order chi connectivity index (χ0) is 33.4. The molecular weight excluding hydrogens is 624 g/mol. The molecule has 2 aliphatic heterocycles. The highest BCUT2D eigenvalue weighted by Gasteiger charge is 2.29. The van der Waals surface area contributed by atoms with Crippen LogP contribution in [0, 0.1) is 18.3 Å². The summed E-state index contributed by atoms with van der Waals surface area (Å²) >= 11 is 0. The normalized spacial score (nSPS) is 21.1. The van der Waals surface area contributed by atoms with Crippen LogP contribution in [0.1, 0.15) is 57.1 Å². The summed E-state index contributed by atoms with van der Waals surface area (Å²) in [5.41, 5.74) is 3.14. The van der Waals surface area contributed by atoms with E-state index in [0.717, 1.165) is 94.9 Å². The van der Waals surface area contributed by atoms with Gasteiger partial charge in [-0.05, 0) is 79.5 Å². The number of aromatic nitrogens is 8. The van der Waals surface area contributed by atoms with Gasteiger partial charge in [0.15, 0.2) is 0 Å². The van der Waals surface area contributed by atoms with Gasteiger partial charge in [-0.3, -0.25) is 9.58 Å². The molecule has 3 aliphatic rings. The van der Waals surface area contributed by atoms with Crippen LogP contribution < -0.4 is 14.8 Å². The summed E-state index contributed by atoms with van der Waals surface area (Å²) in [5, 5.41) is 19.6. The highest BCUT2D eigenvalue weighted by Crippen LogP contribution is 2.35. The van der Waals surface area contributed by atoms with Gasteiger partial charge in [-0.15, -0.1) is 16.6 Å². The van der Waals surface area contributed by atoms with E-state index in [1.54, 1.807) is 23.4 Å². The molecular formula is C35H44N10O4. The van der Waals surface area contributed by atoms with Gasteiger partial charge in [0, 0.05) is 50.3 Å². The summed E-state index contributed by atoms with van der Waals surface area (Å²) < 4.78 is 27.4. The summed E-state index contributed by atoms with van der Waals surface area (Å²) in [7, 11) is 0. The van der Waals surface area contributed by atoms with Crippen molar-refractivity contribution < 1.29 is 18.9 Å². The van der Waals surface area contributed by atoms with Gasteiger partial charge in [0.2, 0.25) is 5.95 Å². The number of ether oxygens (including phenoxy) is 4. The Morgan fingerprint density at radius 2 is 1.73 bits per heavy atom. The standard InChI is InChI=1S/C35H44N10O4/c1-3-27-4-5-28(18-33(27)49-25(2)21-44-24-38-41-42-44)29-19-36-35(37-20-29)39-32-22-45(40-34(32)48-23-26-10-14-46-15-11-26)31-8-6-30(7-9-31)43-12-16-47-17-13-43/h1,4-5,18-20,22,24-26,30-31H,6-17,21,23H2,2H3,(H,36,37,39)/t25-,30?,31?/m0/s1.